The third-order valence-electron chi connectivity index (χ3n) is 3.01. The smallest absolute Gasteiger partial charge is 0.263 e. The summed E-state index contributed by atoms with van der Waals surface area (Å²) in [6.45, 7) is 7.65. The Bertz CT molecular complexity index is 470. The Morgan fingerprint density at radius 2 is 2.21 bits per heavy atom. The van der Waals surface area contributed by atoms with Crippen LogP contribution < -0.4 is 0 Å². The normalized spacial score (nSPS) is 11.6. The van der Waals surface area contributed by atoms with Gasteiger partial charge < -0.3 is 10.0 Å². The van der Waals surface area contributed by atoms with Gasteiger partial charge in [0.2, 0.25) is 0 Å². The number of amides is 1. The molecule has 104 valence electrons. The fourth-order valence-corrected chi connectivity index (χ4v) is 2.51. The molecule has 0 spiro atoms. The fourth-order valence-electron chi connectivity index (χ4n) is 1.66. The van der Waals surface area contributed by atoms with Crippen molar-refractivity contribution < 1.29 is 9.90 Å². The Kier molecular flexibility index (Phi) is 6.61. The average Bonchev–Trinajstić information content (AvgIpc) is 2.90. The number of aliphatic hydroxyl groups excluding tert-OH is 1. The SMILES string of the molecule is CCC(C)CN(CC)C(=O)c1ccc(C#CCO)s1. The van der Waals surface area contributed by atoms with E-state index in [9.17, 15) is 4.79 Å². The zero-order valence-corrected chi connectivity index (χ0v) is 12.6. The molecule has 0 aliphatic rings. The molecular weight excluding hydrogens is 258 g/mol. The van der Waals surface area contributed by atoms with Crippen molar-refractivity contribution in [3.8, 4) is 11.8 Å². The predicted molar refractivity (Wildman–Crippen MR) is 79.3 cm³/mol. The summed E-state index contributed by atoms with van der Waals surface area (Å²) in [5.41, 5.74) is 0. The standard InChI is InChI=1S/C15H21NO2S/c1-4-12(3)11-16(5-2)15(18)14-9-8-13(19-14)7-6-10-17/h8-9,12,17H,4-5,10-11H2,1-3H3. The van der Waals surface area contributed by atoms with Gasteiger partial charge in [0.05, 0.1) is 9.75 Å². The van der Waals surface area contributed by atoms with Crippen LogP contribution >= 0.6 is 11.3 Å². The van der Waals surface area contributed by atoms with Crippen LogP contribution in [0, 0.1) is 17.8 Å². The molecule has 1 heterocycles. The largest absolute Gasteiger partial charge is 0.384 e. The van der Waals surface area contributed by atoms with Crippen molar-refractivity contribution in [1.29, 1.82) is 0 Å². The van der Waals surface area contributed by atoms with E-state index in [1.807, 2.05) is 24.0 Å². The van der Waals surface area contributed by atoms with Gasteiger partial charge in [-0.2, -0.15) is 0 Å². The van der Waals surface area contributed by atoms with Crippen molar-refractivity contribution in [3.63, 3.8) is 0 Å². The van der Waals surface area contributed by atoms with Gasteiger partial charge in [-0.1, -0.05) is 32.1 Å². The molecule has 0 saturated heterocycles. The van der Waals surface area contributed by atoms with Crippen LogP contribution in [0.15, 0.2) is 12.1 Å². The molecule has 1 unspecified atom stereocenters. The molecule has 0 saturated carbocycles. The highest BCUT2D eigenvalue weighted by atomic mass is 32.1. The molecule has 1 atom stereocenters. The second kappa shape index (κ2) is 7.98. The van der Waals surface area contributed by atoms with E-state index in [1.165, 1.54) is 11.3 Å². The van der Waals surface area contributed by atoms with Gasteiger partial charge in [-0.25, -0.2) is 0 Å². The number of carbonyl (C=O) groups is 1. The second-order valence-electron chi connectivity index (χ2n) is 4.48. The minimum absolute atomic E-state index is 0.0739. The highest BCUT2D eigenvalue weighted by Gasteiger charge is 2.17. The molecule has 19 heavy (non-hydrogen) atoms. The van der Waals surface area contributed by atoms with Crippen molar-refractivity contribution >= 4 is 17.2 Å². The van der Waals surface area contributed by atoms with Crippen LogP contribution in [0.25, 0.3) is 0 Å². The quantitative estimate of drug-likeness (QED) is 0.842. The lowest BCUT2D eigenvalue weighted by atomic mass is 10.1. The van der Waals surface area contributed by atoms with E-state index in [0.29, 0.717) is 10.8 Å². The van der Waals surface area contributed by atoms with Gasteiger partial charge >= 0.3 is 0 Å². The molecule has 0 aliphatic carbocycles. The topological polar surface area (TPSA) is 40.5 Å². The first-order valence-corrected chi connectivity index (χ1v) is 7.42. The molecule has 1 aromatic heterocycles. The maximum absolute atomic E-state index is 12.4. The molecule has 0 bridgehead atoms. The Morgan fingerprint density at radius 1 is 1.47 bits per heavy atom. The van der Waals surface area contributed by atoms with Crippen LogP contribution in [0.1, 0.15) is 41.7 Å². The van der Waals surface area contributed by atoms with Crippen molar-refractivity contribution in [2.75, 3.05) is 19.7 Å². The monoisotopic (exact) mass is 279 g/mol. The lowest BCUT2D eigenvalue weighted by molar-refractivity contribution is 0.0745. The summed E-state index contributed by atoms with van der Waals surface area (Å²) >= 11 is 1.38. The first kappa shape index (κ1) is 15.7. The van der Waals surface area contributed by atoms with Crippen molar-refractivity contribution in [2.24, 2.45) is 5.92 Å². The Balaban J connectivity index is 2.77. The van der Waals surface area contributed by atoms with E-state index < -0.39 is 0 Å². The lowest BCUT2D eigenvalue weighted by Gasteiger charge is -2.23. The van der Waals surface area contributed by atoms with E-state index in [1.54, 1.807) is 0 Å². The Labute approximate surface area is 119 Å². The predicted octanol–water partition coefficient (Wildman–Crippen LogP) is 2.60. The Morgan fingerprint density at radius 3 is 2.79 bits per heavy atom. The molecule has 3 nitrogen and oxygen atoms in total. The number of hydrogen-bond acceptors (Lipinski definition) is 3. The van der Waals surface area contributed by atoms with Crippen LogP contribution in [0.4, 0.5) is 0 Å². The van der Waals surface area contributed by atoms with Crippen molar-refractivity contribution in [1.82, 2.24) is 4.90 Å². The molecule has 1 amide bonds. The summed E-state index contributed by atoms with van der Waals surface area (Å²) in [6, 6.07) is 3.64. The first-order valence-electron chi connectivity index (χ1n) is 6.61. The van der Waals surface area contributed by atoms with Gasteiger partial charge in [0, 0.05) is 13.1 Å². The van der Waals surface area contributed by atoms with E-state index in [0.717, 1.165) is 24.4 Å². The highest BCUT2D eigenvalue weighted by molar-refractivity contribution is 7.14. The van der Waals surface area contributed by atoms with Crippen LogP contribution in [-0.2, 0) is 0 Å². The molecule has 4 heteroatoms. The average molecular weight is 279 g/mol. The number of aliphatic hydroxyl groups is 1. The van der Waals surface area contributed by atoms with E-state index in [-0.39, 0.29) is 12.5 Å². The molecule has 0 radical (unpaired) electrons. The van der Waals surface area contributed by atoms with Gasteiger partial charge in [-0.15, -0.1) is 11.3 Å². The lowest BCUT2D eigenvalue weighted by Crippen LogP contribution is -2.34. The fraction of sp³-hybridized carbons (Fsp3) is 0.533. The van der Waals surface area contributed by atoms with E-state index in [2.05, 4.69) is 25.7 Å². The van der Waals surface area contributed by atoms with Gasteiger partial charge in [0.15, 0.2) is 0 Å². The summed E-state index contributed by atoms with van der Waals surface area (Å²) in [7, 11) is 0. The Hall–Kier alpha value is -1.31. The van der Waals surface area contributed by atoms with Crippen molar-refractivity contribution in [2.45, 2.75) is 27.2 Å². The third kappa shape index (κ3) is 4.70. The molecule has 1 aromatic rings. The van der Waals surface area contributed by atoms with Crippen LogP contribution in [0.5, 0.6) is 0 Å². The maximum Gasteiger partial charge on any atom is 0.263 e. The third-order valence-corrected chi connectivity index (χ3v) is 3.99. The van der Waals surface area contributed by atoms with Gasteiger partial charge in [0.25, 0.3) is 5.91 Å². The number of rotatable bonds is 5. The molecule has 0 fully saturated rings. The van der Waals surface area contributed by atoms with Crippen molar-refractivity contribution in [3.05, 3.63) is 21.9 Å². The molecule has 0 aliphatic heterocycles. The zero-order chi connectivity index (χ0) is 14.3. The number of nitrogens with zero attached hydrogens (tertiary/aromatic N) is 1. The molecule has 0 aromatic carbocycles. The van der Waals surface area contributed by atoms with Gasteiger partial charge in [0.1, 0.15) is 6.61 Å². The summed E-state index contributed by atoms with van der Waals surface area (Å²) < 4.78 is 0. The summed E-state index contributed by atoms with van der Waals surface area (Å²) in [4.78, 5) is 15.8. The van der Waals surface area contributed by atoms with E-state index in [4.69, 9.17) is 5.11 Å². The number of thiophene rings is 1. The number of hydrogen-bond donors (Lipinski definition) is 1. The molecular formula is C15H21NO2S. The second-order valence-corrected chi connectivity index (χ2v) is 5.56. The minimum Gasteiger partial charge on any atom is -0.384 e. The summed E-state index contributed by atoms with van der Waals surface area (Å²) in [6.07, 6.45) is 1.07. The highest BCUT2D eigenvalue weighted by Crippen LogP contribution is 2.18. The van der Waals surface area contributed by atoms with Crippen LogP contribution in [0.3, 0.4) is 0 Å². The minimum atomic E-state index is -0.156. The summed E-state index contributed by atoms with van der Waals surface area (Å²) in [5.74, 6) is 6.00. The first-order chi connectivity index (χ1) is 9.12. The van der Waals surface area contributed by atoms with E-state index >= 15 is 0 Å². The van der Waals surface area contributed by atoms with Crippen LogP contribution in [-0.4, -0.2) is 35.6 Å². The molecule has 1 rings (SSSR count). The summed E-state index contributed by atoms with van der Waals surface area (Å²) in [5, 5.41) is 8.65. The van der Waals surface area contributed by atoms with Gasteiger partial charge in [-0.05, 0) is 25.0 Å². The number of carbonyl (C=O) groups excluding carboxylic acids is 1. The zero-order valence-electron chi connectivity index (χ0n) is 11.8. The van der Waals surface area contributed by atoms with Gasteiger partial charge in [-0.3, -0.25) is 4.79 Å². The molecule has 1 N–H and O–H groups in total. The maximum atomic E-state index is 12.4. The van der Waals surface area contributed by atoms with Crippen LogP contribution in [0.2, 0.25) is 0 Å².